The van der Waals surface area contributed by atoms with Gasteiger partial charge in [0.1, 0.15) is 0 Å². The fourth-order valence-electron chi connectivity index (χ4n) is 4.09. The number of para-hydroxylation sites is 1. The summed E-state index contributed by atoms with van der Waals surface area (Å²) in [6, 6.07) is 17.3. The average Bonchev–Trinajstić information content (AvgIpc) is 3.30. The Kier molecular flexibility index (Phi) is 6.54. The second-order valence-corrected chi connectivity index (χ2v) is 9.66. The van der Waals surface area contributed by atoms with Crippen molar-refractivity contribution < 1.29 is 13.9 Å². The average molecular weight is 495 g/mol. The number of aromatic nitrogens is 3. The van der Waals surface area contributed by atoms with E-state index in [4.69, 9.17) is 25.7 Å². The van der Waals surface area contributed by atoms with Gasteiger partial charge in [0.25, 0.3) is 5.22 Å². The normalized spacial score (nSPS) is 18.4. The van der Waals surface area contributed by atoms with Crippen LogP contribution in [-0.2, 0) is 9.53 Å². The number of thioether (sulfide) groups is 1. The Morgan fingerprint density at radius 1 is 1.09 bits per heavy atom. The lowest BCUT2D eigenvalue weighted by Gasteiger charge is -2.35. The van der Waals surface area contributed by atoms with Crippen molar-refractivity contribution in [3.8, 4) is 22.7 Å². The number of ether oxygens (including phenoxy) is 1. The lowest BCUT2D eigenvalue weighted by Crippen LogP contribution is -2.48. The third-order valence-corrected chi connectivity index (χ3v) is 6.64. The molecule has 2 atom stereocenters. The molecule has 0 radical (unpaired) electrons. The molecule has 0 aliphatic carbocycles. The van der Waals surface area contributed by atoms with Gasteiger partial charge in [0, 0.05) is 29.1 Å². The molecule has 1 saturated heterocycles. The van der Waals surface area contributed by atoms with Gasteiger partial charge in [0.15, 0.2) is 0 Å². The number of carbonyl (C=O) groups excluding carboxylic acids is 1. The Labute approximate surface area is 206 Å². The van der Waals surface area contributed by atoms with Gasteiger partial charge in [-0.05, 0) is 38.1 Å². The summed E-state index contributed by atoms with van der Waals surface area (Å²) in [7, 11) is 0. The van der Waals surface area contributed by atoms with Gasteiger partial charge in [-0.3, -0.25) is 4.79 Å². The van der Waals surface area contributed by atoms with Crippen LogP contribution in [0.3, 0.4) is 0 Å². The number of carbonyl (C=O) groups is 1. The number of amides is 1. The Balaban J connectivity index is 1.39. The maximum atomic E-state index is 12.7. The van der Waals surface area contributed by atoms with E-state index in [1.54, 1.807) is 0 Å². The van der Waals surface area contributed by atoms with Crippen molar-refractivity contribution in [2.75, 3.05) is 18.8 Å². The zero-order valence-electron chi connectivity index (χ0n) is 18.8. The number of hydrogen-bond donors (Lipinski definition) is 0. The number of halogens is 1. The van der Waals surface area contributed by atoms with E-state index >= 15 is 0 Å². The summed E-state index contributed by atoms with van der Waals surface area (Å²) in [6.07, 6.45) is 0.0602. The van der Waals surface area contributed by atoms with Crippen molar-refractivity contribution in [2.45, 2.75) is 31.3 Å². The van der Waals surface area contributed by atoms with Gasteiger partial charge in [-0.25, -0.2) is 4.98 Å². The van der Waals surface area contributed by atoms with Crippen molar-refractivity contribution in [3.05, 3.63) is 59.6 Å². The Hall–Kier alpha value is -2.94. The summed E-state index contributed by atoms with van der Waals surface area (Å²) in [5.41, 5.74) is 3.33. The molecule has 2 unspecified atom stereocenters. The molecule has 34 heavy (non-hydrogen) atoms. The van der Waals surface area contributed by atoms with E-state index in [-0.39, 0.29) is 23.9 Å². The number of nitrogens with zero attached hydrogens (tertiary/aromatic N) is 4. The minimum atomic E-state index is 0.0301. The molecular weight excluding hydrogens is 472 g/mol. The molecule has 5 rings (SSSR count). The van der Waals surface area contributed by atoms with E-state index in [0.717, 1.165) is 27.7 Å². The first kappa shape index (κ1) is 22.8. The van der Waals surface area contributed by atoms with E-state index in [9.17, 15) is 4.79 Å². The first-order chi connectivity index (χ1) is 16.5. The number of fused-ring (bicyclic) bond motifs is 1. The smallest absolute Gasteiger partial charge is 0.277 e. The van der Waals surface area contributed by atoms with Crippen LogP contribution in [-0.4, -0.2) is 57.0 Å². The van der Waals surface area contributed by atoms with E-state index in [0.29, 0.717) is 29.2 Å². The van der Waals surface area contributed by atoms with Gasteiger partial charge in [-0.1, -0.05) is 53.7 Å². The number of hydrogen-bond acceptors (Lipinski definition) is 7. The van der Waals surface area contributed by atoms with Gasteiger partial charge < -0.3 is 14.1 Å². The molecule has 9 heteroatoms. The zero-order chi connectivity index (χ0) is 23.7. The van der Waals surface area contributed by atoms with Crippen molar-refractivity contribution >= 4 is 40.2 Å². The summed E-state index contributed by atoms with van der Waals surface area (Å²) in [6.45, 7) is 5.14. The molecule has 4 aromatic rings. The van der Waals surface area contributed by atoms with Crippen LogP contribution in [0.5, 0.6) is 0 Å². The van der Waals surface area contributed by atoms with Crippen molar-refractivity contribution in [1.82, 2.24) is 20.1 Å². The molecule has 1 fully saturated rings. The molecule has 174 valence electrons. The molecule has 0 saturated carbocycles. The highest BCUT2D eigenvalue weighted by Gasteiger charge is 2.26. The summed E-state index contributed by atoms with van der Waals surface area (Å²) < 4.78 is 11.7. The van der Waals surface area contributed by atoms with Crippen LogP contribution in [0.25, 0.3) is 33.6 Å². The highest BCUT2D eigenvalue weighted by Crippen LogP contribution is 2.33. The molecular formula is C25H23ClN4O3S. The van der Waals surface area contributed by atoms with Crippen molar-refractivity contribution in [3.63, 3.8) is 0 Å². The monoisotopic (exact) mass is 494 g/mol. The number of benzene rings is 2. The third-order valence-electron chi connectivity index (χ3n) is 5.58. The maximum absolute atomic E-state index is 12.7. The topological polar surface area (TPSA) is 81.4 Å². The van der Waals surface area contributed by atoms with Crippen molar-refractivity contribution in [1.29, 1.82) is 0 Å². The Morgan fingerprint density at radius 2 is 1.82 bits per heavy atom. The molecule has 0 bridgehead atoms. The molecule has 1 amide bonds. The van der Waals surface area contributed by atoms with Gasteiger partial charge in [0.2, 0.25) is 11.8 Å². The maximum Gasteiger partial charge on any atom is 0.277 e. The molecule has 0 N–H and O–H groups in total. The van der Waals surface area contributed by atoms with E-state index in [1.807, 2.05) is 73.3 Å². The first-order valence-corrected chi connectivity index (χ1v) is 12.4. The Bertz CT molecular complexity index is 1320. The van der Waals surface area contributed by atoms with Gasteiger partial charge >= 0.3 is 0 Å². The third kappa shape index (κ3) is 4.94. The van der Waals surface area contributed by atoms with E-state index in [2.05, 4.69) is 10.2 Å². The SMILES string of the molecule is CC1CN(C(=O)CSc2nnc(-c3cc(-c4ccc(Cl)cc4)nc4ccccc34)o2)CC(C)O1. The summed E-state index contributed by atoms with van der Waals surface area (Å²) in [5.74, 6) is 0.650. The van der Waals surface area contributed by atoms with Crippen LogP contribution in [0.2, 0.25) is 5.02 Å². The Morgan fingerprint density at radius 3 is 2.59 bits per heavy atom. The molecule has 1 aliphatic heterocycles. The van der Waals surface area contributed by atoms with Crippen LogP contribution in [0.4, 0.5) is 0 Å². The molecule has 3 heterocycles. The van der Waals surface area contributed by atoms with Crippen LogP contribution in [0.15, 0.2) is 64.2 Å². The number of rotatable bonds is 5. The fraction of sp³-hybridized carbons (Fsp3) is 0.280. The number of morpholine rings is 1. The predicted octanol–water partition coefficient (Wildman–Crippen LogP) is 5.33. The molecule has 2 aromatic carbocycles. The van der Waals surface area contributed by atoms with Crippen molar-refractivity contribution in [2.24, 2.45) is 0 Å². The van der Waals surface area contributed by atoms with Crippen LogP contribution >= 0.6 is 23.4 Å². The largest absolute Gasteiger partial charge is 0.411 e. The van der Waals surface area contributed by atoms with E-state index < -0.39 is 0 Å². The summed E-state index contributed by atoms with van der Waals surface area (Å²) >= 11 is 7.30. The minimum absolute atomic E-state index is 0.0301. The minimum Gasteiger partial charge on any atom is -0.411 e. The summed E-state index contributed by atoms with van der Waals surface area (Å²) in [4.78, 5) is 19.3. The van der Waals surface area contributed by atoms with Crippen LogP contribution in [0, 0.1) is 0 Å². The van der Waals surface area contributed by atoms with Gasteiger partial charge in [-0.15, -0.1) is 10.2 Å². The van der Waals surface area contributed by atoms with E-state index in [1.165, 1.54) is 11.8 Å². The predicted molar refractivity (Wildman–Crippen MR) is 133 cm³/mol. The molecule has 1 aliphatic rings. The first-order valence-electron chi connectivity index (χ1n) is 11.0. The second kappa shape index (κ2) is 9.74. The highest BCUT2D eigenvalue weighted by atomic mass is 35.5. The lowest BCUT2D eigenvalue weighted by atomic mass is 10.0. The highest BCUT2D eigenvalue weighted by molar-refractivity contribution is 7.99. The molecule has 2 aromatic heterocycles. The lowest BCUT2D eigenvalue weighted by molar-refractivity contribution is -0.140. The quantitative estimate of drug-likeness (QED) is 0.347. The van der Waals surface area contributed by atoms with Gasteiger partial charge in [-0.2, -0.15) is 0 Å². The number of pyridine rings is 1. The van der Waals surface area contributed by atoms with Crippen LogP contribution in [0.1, 0.15) is 13.8 Å². The standard InChI is InChI=1S/C25H23ClN4O3S/c1-15-12-30(13-16(2)32-15)23(31)14-34-25-29-28-24(33-25)20-11-22(17-7-9-18(26)10-8-17)27-21-6-4-3-5-19(20)21/h3-11,15-16H,12-14H2,1-2H3. The van der Waals surface area contributed by atoms with Gasteiger partial charge in [0.05, 0.1) is 34.7 Å². The van der Waals surface area contributed by atoms with Crippen LogP contribution < -0.4 is 0 Å². The zero-order valence-corrected chi connectivity index (χ0v) is 20.3. The molecule has 0 spiro atoms. The fourth-order valence-corrected chi connectivity index (χ4v) is 4.89. The summed E-state index contributed by atoms with van der Waals surface area (Å²) in [5, 5.41) is 10.4. The molecule has 7 nitrogen and oxygen atoms in total. The second-order valence-electron chi connectivity index (χ2n) is 8.30.